The van der Waals surface area contributed by atoms with E-state index in [9.17, 15) is 5.11 Å². The van der Waals surface area contributed by atoms with E-state index in [2.05, 4.69) is 20.8 Å². The Morgan fingerprint density at radius 1 is 1.12 bits per heavy atom. The summed E-state index contributed by atoms with van der Waals surface area (Å²) in [6.07, 6.45) is 7.61. The number of hydrogen-bond acceptors (Lipinski definition) is 2. The fourth-order valence-electron chi connectivity index (χ4n) is 3.20. The molecule has 0 radical (unpaired) electrons. The van der Waals surface area contributed by atoms with E-state index in [0.29, 0.717) is 18.1 Å². The first-order valence-corrected chi connectivity index (χ1v) is 6.90. The van der Waals surface area contributed by atoms with Gasteiger partial charge in [-0.25, -0.2) is 0 Å². The summed E-state index contributed by atoms with van der Waals surface area (Å²) in [7, 11) is 0. The zero-order chi connectivity index (χ0) is 11.8. The highest BCUT2D eigenvalue weighted by Gasteiger charge is 2.55. The third-order valence-corrected chi connectivity index (χ3v) is 4.84. The maximum atomic E-state index is 10.1. The molecule has 0 amide bonds. The first kappa shape index (κ1) is 12.4. The summed E-state index contributed by atoms with van der Waals surface area (Å²) in [6.45, 7) is 6.56. The van der Waals surface area contributed by atoms with Crippen molar-refractivity contribution in [2.75, 3.05) is 0 Å². The van der Waals surface area contributed by atoms with Gasteiger partial charge < -0.3 is 9.84 Å². The average molecular weight is 226 g/mol. The van der Waals surface area contributed by atoms with E-state index >= 15 is 0 Å². The number of aliphatic hydroxyl groups is 1. The summed E-state index contributed by atoms with van der Waals surface area (Å²) in [4.78, 5) is 0. The minimum atomic E-state index is -0.0998. The lowest BCUT2D eigenvalue weighted by atomic mass is 9.56. The fraction of sp³-hybridized carbons (Fsp3) is 1.00. The van der Waals surface area contributed by atoms with Gasteiger partial charge in [-0.15, -0.1) is 0 Å². The fourth-order valence-corrected chi connectivity index (χ4v) is 3.20. The number of aliphatic hydroxyl groups excluding tert-OH is 1. The van der Waals surface area contributed by atoms with Crippen molar-refractivity contribution in [3.63, 3.8) is 0 Å². The van der Waals surface area contributed by atoms with Gasteiger partial charge in [0, 0.05) is 11.8 Å². The first-order chi connectivity index (χ1) is 7.56. The molecule has 0 aliphatic heterocycles. The standard InChI is InChI=1S/C14H26O2/c1-10(2)11(3)16-13-9-12(15)14(13)7-5-4-6-8-14/h10-13,15H,4-9H2,1-3H3. The largest absolute Gasteiger partial charge is 0.392 e. The van der Waals surface area contributed by atoms with Crippen molar-refractivity contribution >= 4 is 0 Å². The molecular weight excluding hydrogens is 200 g/mol. The topological polar surface area (TPSA) is 29.5 Å². The molecule has 0 aromatic heterocycles. The van der Waals surface area contributed by atoms with E-state index in [1.165, 1.54) is 32.1 Å². The molecule has 2 aliphatic carbocycles. The van der Waals surface area contributed by atoms with Crippen molar-refractivity contribution in [2.45, 2.75) is 77.6 Å². The molecule has 2 saturated carbocycles. The Morgan fingerprint density at radius 3 is 2.25 bits per heavy atom. The SMILES string of the molecule is CC(C)C(C)OC1CC(O)C12CCCCC2. The molecule has 2 rings (SSSR count). The van der Waals surface area contributed by atoms with Crippen molar-refractivity contribution in [3.05, 3.63) is 0 Å². The van der Waals surface area contributed by atoms with Crippen molar-refractivity contribution in [2.24, 2.45) is 11.3 Å². The van der Waals surface area contributed by atoms with E-state index in [1.54, 1.807) is 0 Å². The van der Waals surface area contributed by atoms with Gasteiger partial charge in [-0.05, 0) is 25.7 Å². The number of rotatable bonds is 3. The minimum Gasteiger partial charge on any atom is -0.392 e. The van der Waals surface area contributed by atoms with Gasteiger partial charge in [0.1, 0.15) is 0 Å². The van der Waals surface area contributed by atoms with E-state index in [-0.39, 0.29) is 11.5 Å². The molecule has 1 spiro atoms. The molecule has 0 heterocycles. The van der Waals surface area contributed by atoms with Crippen molar-refractivity contribution in [1.82, 2.24) is 0 Å². The van der Waals surface area contributed by atoms with Crippen molar-refractivity contribution in [3.8, 4) is 0 Å². The molecule has 16 heavy (non-hydrogen) atoms. The van der Waals surface area contributed by atoms with Gasteiger partial charge in [0.25, 0.3) is 0 Å². The van der Waals surface area contributed by atoms with Gasteiger partial charge in [-0.3, -0.25) is 0 Å². The van der Waals surface area contributed by atoms with E-state index in [4.69, 9.17) is 4.74 Å². The van der Waals surface area contributed by atoms with E-state index in [1.807, 2.05) is 0 Å². The first-order valence-electron chi connectivity index (χ1n) is 6.90. The maximum absolute atomic E-state index is 10.1. The predicted octanol–water partition coefficient (Wildman–Crippen LogP) is 3.13. The summed E-state index contributed by atoms with van der Waals surface area (Å²) >= 11 is 0. The van der Waals surface area contributed by atoms with Crippen LogP contribution in [-0.4, -0.2) is 23.4 Å². The molecule has 1 N–H and O–H groups in total. The molecule has 2 aliphatic rings. The lowest BCUT2D eigenvalue weighted by molar-refractivity contribution is -0.225. The van der Waals surface area contributed by atoms with Crippen molar-refractivity contribution in [1.29, 1.82) is 0 Å². The van der Waals surface area contributed by atoms with Crippen LogP contribution in [0.3, 0.4) is 0 Å². The Hall–Kier alpha value is -0.0800. The quantitative estimate of drug-likeness (QED) is 0.801. The molecule has 0 aromatic carbocycles. The lowest BCUT2D eigenvalue weighted by Gasteiger charge is -2.56. The number of hydrogen-bond donors (Lipinski definition) is 1. The third-order valence-electron chi connectivity index (χ3n) is 4.84. The summed E-state index contributed by atoms with van der Waals surface area (Å²) in [5.74, 6) is 0.568. The Labute approximate surface area is 99.4 Å². The molecule has 94 valence electrons. The van der Waals surface area contributed by atoms with Crippen LogP contribution in [0.4, 0.5) is 0 Å². The summed E-state index contributed by atoms with van der Waals surface area (Å²) in [6, 6.07) is 0. The molecule has 0 saturated heterocycles. The molecule has 2 fully saturated rings. The van der Waals surface area contributed by atoms with Crippen LogP contribution in [0.25, 0.3) is 0 Å². The third kappa shape index (κ3) is 2.02. The smallest absolute Gasteiger partial charge is 0.0684 e. The second-order valence-corrected chi connectivity index (χ2v) is 6.12. The van der Waals surface area contributed by atoms with Crippen LogP contribution in [0.2, 0.25) is 0 Å². The summed E-state index contributed by atoms with van der Waals surface area (Å²) in [5, 5.41) is 10.1. The molecule has 0 bridgehead atoms. The Morgan fingerprint density at radius 2 is 1.75 bits per heavy atom. The highest BCUT2D eigenvalue weighted by Crippen LogP contribution is 2.53. The zero-order valence-corrected chi connectivity index (χ0v) is 10.9. The van der Waals surface area contributed by atoms with Gasteiger partial charge in [0.05, 0.1) is 18.3 Å². The Bertz CT molecular complexity index is 231. The normalized spacial score (nSPS) is 35.1. The van der Waals surface area contributed by atoms with E-state index in [0.717, 1.165) is 6.42 Å². The molecule has 2 heteroatoms. The monoisotopic (exact) mass is 226 g/mol. The van der Waals surface area contributed by atoms with Crippen LogP contribution in [0, 0.1) is 11.3 Å². The zero-order valence-electron chi connectivity index (χ0n) is 10.9. The van der Waals surface area contributed by atoms with Crippen molar-refractivity contribution < 1.29 is 9.84 Å². The van der Waals surface area contributed by atoms with Crippen LogP contribution >= 0.6 is 0 Å². The molecule has 0 aromatic rings. The predicted molar refractivity (Wildman–Crippen MR) is 65.3 cm³/mol. The van der Waals surface area contributed by atoms with Crippen LogP contribution in [-0.2, 0) is 4.74 Å². The molecule has 2 nitrogen and oxygen atoms in total. The molecule has 3 atom stereocenters. The van der Waals surface area contributed by atoms with Gasteiger partial charge in [0.15, 0.2) is 0 Å². The van der Waals surface area contributed by atoms with Crippen LogP contribution in [0.1, 0.15) is 59.3 Å². The number of ether oxygens (including phenoxy) is 1. The molecule has 3 unspecified atom stereocenters. The highest BCUT2D eigenvalue weighted by atomic mass is 16.5. The highest BCUT2D eigenvalue weighted by molar-refractivity contribution is 5.05. The van der Waals surface area contributed by atoms with Gasteiger partial charge >= 0.3 is 0 Å². The van der Waals surface area contributed by atoms with Gasteiger partial charge in [-0.1, -0.05) is 33.1 Å². The Balaban J connectivity index is 1.95. The Kier molecular flexibility index (Phi) is 3.60. The second kappa shape index (κ2) is 4.66. The van der Waals surface area contributed by atoms with E-state index < -0.39 is 0 Å². The molecular formula is C14H26O2. The van der Waals surface area contributed by atoms with Crippen LogP contribution in [0.5, 0.6) is 0 Å². The second-order valence-electron chi connectivity index (χ2n) is 6.12. The lowest BCUT2D eigenvalue weighted by Crippen LogP contribution is -2.59. The summed E-state index contributed by atoms with van der Waals surface area (Å²) in [5.41, 5.74) is 0.126. The minimum absolute atomic E-state index is 0.0998. The summed E-state index contributed by atoms with van der Waals surface area (Å²) < 4.78 is 6.15. The van der Waals surface area contributed by atoms with Crippen LogP contribution in [0.15, 0.2) is 0 Å². The van der Waals surface area contributed by atoms with Gasteiger partial charge in [0.2, 0.25) is 0 Å². The van der Waals surface area contributed by atoms with Gasteiger partial charge in [-0.2, -0.15) is 0 Å². The average Bonchev–Trinajstić information content (AvgIpc) is 2.29. The van der Waals surface area contributed by atoms with Crippen LogP contribution < -0.4 is 0 Å². The maximum Gasteiger partial charge on any atom is 0.0684 e.